The summed E-state index contributed by atoms with van der Waals surface area (Å²) in [7, 11) is 0. The quantitative estimate of drug-likeness (QED) is 0.625. The van der Waals surface area contributed by atoms with Crippen molar-refractivity contribution < 1.29 is 9.53 Å². The van der Waals surface area contributed by atoms with Crippen LogP contribution in [-0.2, 0) is 4.79 Å². The monoisotopic (exact) mass is 360 g/mol. The van der Waals surface area contributed by atoms with Crippen LogP contribution in [0.1, 0.15) is 25.3 Å². The van der Waals surface area contributed by atoms with E-state index in [-0.39, 0.29) is 5.91 Å². The van der Waals surface area contributed by atoms with E-state index in [2.05, 4.69) is 27.3 Å². The molecule has 1 atom stereocenters. The van der Waals surface area contributed by atoms with Crippen molar-refractivity contribution in [1.29, 1.82) is 0 Å². The average molecular weight is 360 g/mol. The Morgan fingerprint density at radius 1 is 1.40 bits per heavy atom. The van der Waals surface area contributed by atoms with E-state index in [9.17, 15) is 4.79 Å². The molecule has 1 unspecified atom stereocenters. The number of likely N-dealkylation sites (tertiary alicyclic amines) is 1. The van der Waals surface area contributed by atoms with Crippen molar-refractivity contribution in [2.75, 3.05) is 32.0 Å². The number of hydrogen-bond donors (Lipinski definition) is 1. The molecular weight excluding hydrogens is 336 g/mol. The maximum absolute atomic E-state index is 11.0. The van der Waals surface area contributed by atoms with Crippen LogP contribution in [0, 0.1) is 5.92 Å². The Morgan fingerprint density at radius 3 is 2.96 bits per heavy atom. The molecule has 2 saturated heterocycles. The van der Waals surface area contributed by atoms with E-state index in [1.54, 1.807) is 6.21 Å². The highest BCUT2D eigenvalue weighted by molar-refractivity contribution is 8.15. The Labute approximate surface area is 152 Å². The summed E-state index contributed by atoms with van der Waals surface area (Å²) < 4.78 is 5.83. The van der Waals surface area contributed by atoms with Gasteiger partial charge in [-0.15, -0.1) is 5.10 Å². The van der Waals surface area contributed by atoms with Gasteiger partial charge in [0.2, 0.25) is 5.91 Å². The lowest BCUT2D eigenvalue weighted by atomic mass is 10.0. The summed E-state index contributed by atoms with van der Waals surface area (Å²) in [5, 5.41) is 11.2. The Morgan fingerprint density at radius 2 is 2.24 bits per heavy atom. The lowest BCUT2D eigenvalue weighted by Gasteiger charge is -2.30. The summed E-state index contributed by atoms with van der Waals surface area (Å²) >= 11 is 1.36. The molecule has 3 rings (SSSR count). The SMILES string of the molecule is CC1CCCN(CCOc2ccc(C=NN=C3NC(=O)CS3)cc2)C1. The average Bonchev–Trinajstić information content (AvgIpc) is 3.02. The van der Waals surface area contributed by atoms with Gasteiger partial charge in [0.1, 0.15) is 12.4 Å². The van der Waals surface area contributed by atoms with E-state index in [1.807, 2.05) is 24.3 Å². The highest BCUT2D eigenvalue weighted by atomic mass is 32.2. The molecule has 0 aromatic heterocycles. The lowest BCUT2D eigenvalue weighted by molar-refractivity contribution is -0.116. The fourth-order valence-corrected chi connectivity index (χ4v) is 3.59. The number of carbonyl (C=O) groups excluding carboxylic acids is 1. The Bertz CT molecular complexity index is 645. The van der Waals surface area contributed by atoms with Crippen molar-refractivity contribution >= 4 is 29.1 Å². The largest absolute Gasteiger partial charge is 0.492 e. The summed E-state index contributed by atoms with van der Waals surface area (Å²) in [4.78, 5) is 13.5. The molecule has 1 aromatic carbocycles. The standard InChI is InChI=1S/C18H24N4O2S/c1-14-3-2-8-22(12-14)9-10-24-16-6-4-15(5-7-16)11-19-21-18-20-17(23)13-25-18/h4-7,11,14H,2-3,8-10,12-13H2,1H3,(H,20,21,23). The highest BCUT2D eigenvalue weighted by Crippen LogP contribution is 2.16. The topological polar surface area (TPSA) is 66.3 Å². The first kappa shape index (κ1) is 17.9. The molecule has 1 amide bonds. The number of benzene rings is 1. The van der Waals surface area contributed by atoms with Gasteiger partial charge < -0.3 is 10.1 Å². The zero-order chi connectivity index (χ0) is 17.5. The van der Waals surface area contributed by atoms with Crippen molar-refractivity contribution in [3.05, 3.63) is 29.8 Å². The molecule has 2 aliphatic heterocycles. The van der Waals surface area contributed by atoms with Gasteiger partial charge >= 0.3 is 0 Å². The molecule has 6 nitrogen and oxygen atoms in total. The maximum Gasteiger partial charge on any atom is 0.236 e. The molecule has 0 spiro atoms. The second-order valence-corrected chi connectivity index (χ2v) is 7.42. The van der Waals surface area contributed by atoms with Gasteiger partial charge in [-0.05, 0) is 55.1 Å². The highest BCUT2D eigenvalue weighted by Gasteiger charge is 2.16. The van der Waals surface area contributed by atoms with Crippen LogP contribution < -0.4 is 10.1 Å². The van der Waals surface area contributed by atoms with Crippen molar-refractivity contribution in [2.45, 2.75) is 19.8 Å². The van der Waals surface area contributed by atoms with Gasteiger partial charge in [0.15, 0.2) is 5.17 Å². The normalized spacial score (nSPS) is 23.3. The van der Waals surface area contributed by atoms with Crippen LogP contribution in [0.4, 0.5) is 0 Å². The lowest BCUT2D eigenvalue weighted by Crippen LogP contribution is -2.37. The number of nitrogens with zero attached hydrogens (tertiary/aromatic N) is 3. The van der Waals surface area contributed by atoms with Crippen LogP contribution >= 0.6 is 11.8 Å². The summed E-state index contributed by atoms with van der Waals surface area (Å²) in [5.74, 6) is 2.05. The molecule has 2 heterocycles. The molecule has 7 heteroatoms. The summed E-state index contributed by atoms with van der Waals surface area (Å²) in [5.41, 5.74) is 0.941. The predicted octanol–water partition coefficient (Wildman–Crippen LogP) is 2.35. The van der Waals surface area contributed by atoms with Gasteiger partial charge in [-0.3, -0.25) is 9.69 Å². The van der Waals surface area contributed by atoms with Crippen LogP contribution in [0.5, 0.6) is 5.75 Å². The van der Waals surface area contributed by atoms with Gasteiger partial charge in [0, 0.05) is 13.1 Å². The molecule has 2 aliphatic rings. The van der Waals surface area contributed by atoms with Crippen LogP contribution in [0.2, 0.25) is 0 Å². The zero-order valence-electron chi connectivity index (χ0n) is 14.5. The van der Waals surface area contributed by atoms with E-state index < -0.39 is 0 Å². The van der Waals surface area contributed by atoms with Gasteiger partial charge in [-0.2, -0.15) is 5.10 Å². The predicted molar refractivity (Wildman–Crippen MR) is 102 cm³/mol. The smallest absolute Gasteiger partial charge is 0.236 e. The Hall–Kier alpha value is -1.86. The fourth-order valence-electron chi connectivity index (χ4n) is 2.96. The second-order valence-electron chi connectivity index (χ2n) is 6.45. The minimum Gasteiger partial charge on any atom is -0.492 e. The van der Waals surface area contributed by atoms with Gasteiger partial charge in [0.05, 0.1) is 12.0 Å². The minimum atomic E-state index is -0.0283. The third-order valence-corrected chi connectivity index (χ3v) is 5.10. The maximum atomic E-state index is 11.0. The zero-order valence-corrected chi connectivity index (χ0v) is 15.3. The van der Waals surface area contributed by atoms with E-state index in [0.29, 0.717) is 17.5 Å². The molecule has 1 N–H and O–H groups in total. The minimum absolute atomic E-state index is 0.0283. The van der Waals surface area contributed by atoms with Crippen molar-refractivity contribution in [3.63, 3.8) is 0 Å². The fraction of sp³-hybridized carbons (Fsp3) is 0.500. The third-order valence-electron chi connectivity index (χ3n) is 4.24. The van der Waals surface area contributed by atoms with Crippen molar-refractivity contribution in [2.24, 2.45) is 16.1 Å². The molecule has 0 radical (unpaired) electrons. The number of ether oxygens (including phenoxy) is 1. The van der Waals surface area contributed by atoms with E-state index >= 15 is 0 Å². The van der Waals surface area contributed by atoms with E-state index in [0.717, 1.165) is 23.8 Å². The number of thioether (sulfide) groups is 1. The van der Waals surface area contributed by atoms with Crippen LogP contribution in [0.15, 0.2) is 34.5 Å². The number of amidine groups is 1. The van der Waals surface area contributed by atoms with Crippen LogP contribution in [-0.4, -0.2) is 54.2 Å². The second kappa shape index (κ2) is 9.01. The van der Waals surface area contributed by atoms with Crippen LogP contribution in [0.3, 0.4) is 0 Å². The Kier molecular flexibility index (Phi) is 6.47. The molecule has 1 aromatic rings. The van der Waals surface area contributed by atoms with Crippen molar-refractivity contribution in [1.82, 2.24) is 10.2 Å². The Balaban J connectivity index is 1.41. The number of carbonyl (C=O) groups is 1. The molecule has 0 saturated carbocycles. The number of amides is 1. The van der Waals surface area contributed by atoms with E-state index in [4.69, 9.17) is 4.74 Å². The number of rotatable bonds is 6. The molecule has 0 bridgehead atoms. The van der Waals surface area contributed by atoms with Crippen molar-refractivity contribution in [3.8, 4) is 5.75 Å². The first-order chi connectivity index (χ1) is 12.2. The first-order valence-electron chi connectivity index (χ1n) is 8.68. The summed E-state index contributed by atoms with van der Waals surface area (Å²) in [6.45, 7) is 6.38. The van der Waals surface area contributed by atoms with Gasteiger partial charge in [-0.1, -0.05) is 18.7 Å². The molecule has 134 valence electrons. The van der Waals surface area contributed by atoms with E-state index in [1.165, 1.54) is 37.7 Å². The third kappa shape index (κ3) is 5.86. The molecular formula is C18H24N4O2S. The molecule has 25 heavy (non-hydrogen) atoms. The first-order valence-corrected chi connectivity index (χ1v) is 9.66. The summed E-state index contributed by atoms with van der Waals surface area (Å²) in [6.07, 6.45) is 4.30. The number of nitrogens with one attached hydrogen (secondary N) is 1. The molecule has 0 aliphatic carbocycles. The number of hydrogen-bond acceptors (Lipinski definition) is 6. The van der Waals surface area contributed by atoms with Gasteiger partial charge in [-0.25, -0.2) is 0 Å². The van der Waals surface area contributed by atoms with Gasteiger partial charge in [0.25, 0.3) is 0 Å². The summed E-state index contributed by atoms with van der Waals surface area (Å²) in [6, 6.07) is 7.78. The molecule has 2 fully saturated rings. The van der Waals surface area contributed by atoms with Crippen LogP contribution in [0.25, 0.3) is 0 Å². The number of piperidine rings is 1.